The van der Waals surface area contributed by atoms with Crippen molar-refractivity contribution in [3.8, 4) is 5.69 Å². The van der Waals surface area contributed by atoms with Gasteiger partial charge in [0.25, 0.3) is 0 Å². The van der Waals surface area contributed by atoms with Crippen LogP contribution in [0.2, 0.25) is 0 Å². The largest absolute Gasteiger partial charge is 0.350 e. The summed E-state index contributed by atoms with van der Waals surface area (Å²) in [5, 5.41) is 19.9. The van der Waals surface area contributed by atoms with Crippen LogP contribution in [0.3, 0.4) is 0 Å². The van der Waals surface area contributed by atoms with E-state index in [1.165, 1.54) is 70.5 Å². The molecule has 2 heterocycles. The van der Waals surface area contributed by atoms with Crippen molar-refractivity contribution >= 4 is 70.7 Å². The Morgan fingerprint density at radius 2 is 1.00 bits per heavy atom. The number of aliphatic imine (C=N–C) groups is 1. The average Bonchev–Trinajstić information content (AvgIpc) is 3.55. The first-order chi connectivity index (χ1) is 26.2. The topological polar surface area (TPSA) is 41.4 Å². The van der Waals surface area contributed by atoms with Crippen LogP contribution in [0.25, 0.3) is 70.6 Å². The SMILES string of the molecule is c1ccc2cc(C3=NC(c4ccc5ccc(-n6c7ccccc7c7cc8ccccc8cc76)cc5c4)NC(c4ccc5ccccc5c4)N3)ccc2c1. The molecule has 9 aromatic carbocycles. The third kappa shape index (κ3) is 5.07. The fourth-order valence-electron chi connectivity index (χ4n) is 8.27. The molecule has 4 nitrogen and oxygen atoms in total. The van der Waals surface area contributed by atoms with Gasteiger partial charge in [0.1, 0.15) is 18.2 Å². The molecule has 0 amide bonds. The second-order valence-corrected chi connectivity index (χ2v) is 14.2. The lowest BCUT2D eigenvalue weighted by atomic mass is 10.0. The monoisotopic (exact) mass is 678 g/mol. The van der Waals surface area contributed by atoms with E-state index >= 15 is 0 Å². The first kappa shape index (κ1) is 29.9. The fourth-order valence-corrected chi connectivity index (χ4v) is 8.27. The Labute approximate surface area is 306 Å². The van der Waals surface area contributed by atoms with Crippen LogP contribution in [-0.2, 0) is 0 Å². The summed E-state index contributed by atoms with van der Waals surface area (Å²) >= 11 is 0. The summed E-state index contributed by atoms with van der Waals surface area (Å²) in [6.07, 6.45) is -0.403. The van der Waals surface area contributed by atoms with Crippen LogP contribution in [0.5, 0.6) is 0 Å². The predicted molar refractivity (Wildman–Crippen MR) is 222 cm³/mol. The molecule has 0 saturated carbocycles. The summed E-state index contributed by atoms with van der Waals surface area (Å²) in [5.74, 6) is 0.879. The van der Waals surface area contributed by atoms with Gasteiger partial charge in [0.2, 0.25) is 0 Å². The summed E-state index contributed by atoms with van der Waals surface area (Å²) in [4.78, 5) is 5.35. The maximum atomic E-state index is 5.35. The molecule has 0 bridgehead atoms. The van der Waals surface area contributed by atoms with Gasteiger partial charge in [0.15, 0.2) is 0 Å². The lowest BCUT2D eigenvalue weighted by Crippen LogP contribution is -2.44. The lowest BCUT2D eigenvalue weighted by Gasteiger charge is -2.32. The zero-order valence-corrected chi connectivity index (χ0v) is 28.9. The average molecular weight is 679 g/mol. The molecule has 1 aromatic heterocycles. The quantitative estimate of drug-likeness (QED) is 0.195. The number of nitrogens with one attached hydrogen (secondary N) is 2. The number of aromatic nitrogens is 1. The zero-order chi connectivity index (χ0) is 34.9. The Morgan fingerprint density at radius 1 is 0.415 bits per heavy atom. The summed E-state index contributed by atoms with van der Waals surface area (Å²) in [6.45, 7) is 0. The van der Waals surface area contributed by atoms with Crippen LogP contribution in [0.1, 0.15) is 29.0 Å². The number of rotatable bonds is 4. The van der Waals surface area contributed by atoms with Gasteiger partial charge in [-0.25, -0.2) is 4.99 Å². The molecule has 1 aliphatic heterocycles. The van der Waals surface area contributed by atoms with Gasteiger partial charge in [-0.1, -0.05) is 133 Å². The standard InChI is InChI=1S/C49H34N4/c1-3-11-34-25-38(20-17-31(34)9-1)47-50-48(39-21-18-32-10-2-4-12-35(32)26-39)52-49(51-47)40-22-19-33-23-24-42(28-41(33)27-40)53-45-16-8-7-15-43(45)44-29-36-13-5-6-14-37(36)30-46(44)53/h1-30,47,49,51H,(H,50,52). The molecular formula is C49H34N4. The highest BCUT2D eigenvalue weighted by Gasteiger charge is 2.26. The molecule has 4 heteroatoms. The van der Waals surface area contributed by atoms with E-state index in [1.54, 1.807) is 0 Å². The Morgan fingerprint density at radius 3 is 1.79 bits per heavy atom. The van der Waals surface area contributed by atoms with Gasteiger partial charge >= 0.3 is 0 Å². The summed E-state index contributed by atoms with van der Waals surface area (Å²) in [6, 6.07) is 66.0. The van der Waals surface area contributed by atoms with Gasteiger partial charge < -0.3 is 9.88 Å². The van der Waals surface area contributed by atoms with E-state index in [9.17, 15) is 0 Å². The molecule has 2 unspecified atom stereocenters. The summed E-state index contributed by atoms with van der Waals surface area (Å²) in [7, 11) is 0. The fraction of sp³-hybridized carbons (Fsp3) is 0.0408. The first-order valence-electron chi connectivity index (χ1n) is 18.3. The molecule has 0 radical (unpaired) electrons. The maximum Gasteiger partial charge on any atom is 0.131 e. The van der Waals surface area contributed by atoms with Gasteiger partial charge in [-0.3, -0.25) is 5.32 Å². The molecule has 250 valence electrons. The second-order valence-electron chi connectivity index (χ2n) is 14.2. The van der Waals surface area contributed by atoms with Crippen LogP contribution in [0, 0.1) is 0 Å². The van der Waals surface area contributed by atoms with Crippen molar-refractivity contribution in [2.75, 3.05) is 0 Å². The number of hydrogen-bond acceptors (Lipinski definition) is 3. The van der Waals surface area contributed by atoms with Crippen LogP contribution in [0.15, 0.2) is 187 Å². The highest BCUT2D eigenvalue weighted by molar-refractivity contribution is 6.13. The third-order valence-corrected chi connectivity index (χ3v) is 11.0. The third-order valence-electron chi connectivity index (χ3n) is 11.0. The number of hydrogen-bond donors (Lipinski definition) is 2. The molecule has 0 spiro atoms. The highest BCUT2D eigenvalue weighted by Crippen LogP contribution is 2.36. The van der Waals surface area contributed by atoms with Gasteiger partial charge in [-0.05, 0) is 103 Å². The van der Waals surface area contributed by atoms with E-state index < -0.39 is 0 Å². The van der Waals surface area contributed by atoms with Crippen molar-refractivity contribution in [3.05, 3.63) is 199 Å². The number of nitrogens with zero attached hydrogens (tertiary/aromatic N) is 2. The molecule has 53 heavy (non-hydrogen) atoms. The van der Waals surface area contributed by atoms with Crippen LogP contribution in [-0.4, -0.2) is 10.4 Å². The number of benzene rings is 9. The molecule has 2 atom stereocenters. The number of amidine groups is 1. The minimum Gasteiger partial charge on any atom is -0.350 e. The van der Waals surface area contributed by atoms with Crippen LogP contribution < -0.4 is 10.6 Å². The minimum atomic E-state index is -0.262. The van der Waals surface area contributed by atoms with Crippen LogP contribution >= 0.6 is 0 Å². The van der Waals surface area contributed by atoms with Crippen molar-refractivity contribution in [2.45, 2.75) is 12.3 Å². The van der Waals surface area contributed by atoms with E-state index in [-0.39, 0.29) is 12.3 Å². The molecule has 1 aliphatic rings. The predicted octanol–water partition coefficient (Wildman–Crippen LogP) is 11.7. The van der Waals surface area contributed by atoms with Crippen molar-refractivity contribution in [2.24, 2.45) is 4.99 Å². The normalized spacial score (nSPS) is 16.1. The van der Waals surface area contributed by atoms with E-state index in [4.69, 9.17) is 4.99 Å². The van der Waals surface area contributed by atoms with Crippen LogP contribution in [0.4, 0.5) is 0 Å². The molecule has 0 saturated heterocycles. The van der Waals surface area contributed by atoms with Crippen molar-refractivity contribution in [1.29, 1.82) is 0 Å². The molecule has 0 fully saturated rings. The van der Waals surface area contributed by atoms with E-state index in [0.717, 1.165) is 22.6 Å². The van der Waals surface area contributed by atoms with Crippen molar-refractivity contribution in [1.82, 2.24) is 15.2 Å². The Bertz CT molecular complexity index is 3100. The highest BCUT2D eigenvalue weighted by atomic mass is 15.3. The molecule has 0 aliphatic carbocycles. The summed E-state index contributed by atoms with van der Waals surface area (Å²) < 4.78 is 2.41. The number of fused-ring (bicyclic) bond motifs is 7. The Kier molecular flexibility index (Phi) is 6.73. The van der Waals surface area contributed by atoms with Crippen molar-refractivity contribution < 1.29 is 0 Å². The molecular weight excluding hydrogens is 645 g/mol. The van der Waals surface area contributed by atoms with E-state index in [1.807, 2.05) is 0 Å². The Hall–Kier alpha value is -6.75. The summed E-state index contributed by atoms with van der Waals surface area (Å²) in [5.41, 5.74) is 6.92. The van der Waals surface area contributed by atoms with Gasteiger partial charge in [-0.2, -0.15) is 0 Å². The molecule has 11 rings (SSSR count). The Balaban J connectivity index is 1.04. The number of para-hydroxylation sites is 1. The molecule has 10 aromatic rings. The second kappa shape index (κ2) is 11.9. The van der Waals surface area contributed by atoms with Gasteiger partial charge in [0.05, 0.1) is 11.0 Å². The smallest absolute Gasteiger partial charge is 0.131 e. The zero-order valence-electron chi connectivity index (χ0n) is 28.9. The lowest BCUT2D eigenvalue weighted by molar-refractivity contribution is 0.409. The molecule has 2 N–H and O–H groups in total. The maximum absolute atomic E-state index is 5.35. The van der Waals surface area contributed by atoms with Gasteiger partial charge in [0, 0.05) is 22.0 Å². The van der Waals surface area contributed by atoms with E-state index in [0.29, 0.717) is 0 Å². The van der Waals surface area contributed by atoms with E-state index in [2.05, 4.69) is 197 Å². The minimum absolute atomic E-state index is 0.141. The van der Waals surface area contributed by atoms with Gasteiger partial charge in [-0.15, -0.1) is 0 Å². The van der Waals surface area contributed by atoms with Crippen molar-refractivity contribution in [3.63, 3.8) is 0 Å². The first-order valence-corrected chi connectivity index (χ1v) is 18.3.